The number of para-hydroxylation sites is 1. The van der Waals surface area contributed by atoms with Gasteiger partial charge in [0.15, 0.2) is 0 Å². The second-order valence-electron chi connectivity index (χ2n) is 7.50. The number of amides is 2. The number of hydrogen-bond donors (Lipinski definition) is 2. The van der Waals surface area contributed by atoms with Gasteiger partial charge in [-0.15, -0.1) is 0 Å². The largest absolute Gasteiger partial charge is 0.449 e. The minimum absolute atomic E-state index is 0.141. The third kappa shape index (κ3) is 4.58. The number of nitrogens with two attached hydrogens (primary N) is 1. The summed E-state index contributed by atoms with van der Waals surface area (Å²) >= 11 is 0. The summed E-state index contributed by atoms with van der Waals surface area (Å²) in [6.07, 6.45) is -0.109. The number of ether oxygens (including phenoxy) is 1. The number of fused-ring (bicyclic) bond motifs is 1. The smallest absolute Gasteiger partial charge is 0.429 e. The van der Waals surface area contributed by atoms with E-state index in [0.29, 0.717) is 17.3 Å². The number of primary amides is 1. The number of anilines is 1. The Morgan fingerprint density at radius 2 is 1.89 bits per heavy atom. The normalized spacial score (nSPS) is 12.7. The van der Waals surface area contributed by atoms with Gasteiger partial charge in [0.1, 0.15) is 29.2 Å². The number of rotatable bonds is 6. The Kier molecular flexibility index (Phi) is 5.78. The summed E-state index contributed by atoms with van der Waals surface area (Å²) in [6.45, 7) is 8.74. The van der Waals surface area contributed by atoms with Crippen LogP contribution in [0.4, 0.5) is 10.5 Å². The van der Waals surface area contributed by atoms with E-state index in [1.165, 1.54) is 0 Å². The fourth-order valence-corrected chi connectivity index (χ4v) is 2.52. The molecular formula is C19H25N3O5. The van der Waals surface area contributed by atoms with Crippen molar-refractivity contribution in [2.45, 2.75) is 46.3 Å². The highest BCUT2D eigenvalue weighted by Gasteiger charge is 2.32. The monoisotopic (exact) mass is 375 g/mol. The Hall–Kier alpha value is -3.03. The first kappa shape index (κ1) is 20.3. The van der Waals surface area contributed by atoms with Crippen LogP contribution in [0, 0.1) is 5.92 Å². The van der Waals surface area contributed by atoms with E-state index in [2.05, 4.69) is 5.43 Å². The van der Waals surface area contributed by atoms with E-state index < -0.39 is 23.6 Å². The maximum atomic E-state index is 12.7. The van der Waals surface area contributed by atoms with E-state index in [9.17, 15) is 14.4 Å². The van der Waals surface area contributed by atoms with Crippen molar-refractivity contribution >= 4 is 34.9 Å². The van der Waals surface area contributed by atoms with Gasteiger partial charge in [0.25, 0.3) is 5.91 Å². The van der Waals surface area contributed by atoms with Crippen LogP contribution >= 0.6 is 0 Å². The van der Waals surface area contributed by atoms with E-state index in [1.54, 1.807) is 58.9 Å². The van der Waals surface area contributed by atoms with Crippen LogP contribution in [-0.4, -0.2) is 34.9 Å². The van der Waals surface area contributed by atoms with Gasteiger partial charge in [0, 0.05) is 5.39 Å². The van der Waals surface area contributed by atoms with Crippen LogP contribution < -0.4 is 11.2 Å². The Labute approximate surface area is 157 Å². The first-order valence-corrected chi connectivity index (χ1v) is 8.60. The van der Waals surface area contributed by atoms with Crippen molar-refractivity contribution in [1.29, 1.82) is 0 Å². The molecule has 2 aromatic rings. The third-order valence-electron chi connectivity index (χ3n) is 3.76. The topological polar surface area (TPSA) is 115 Å². The molecule has 1 aromatic heterocycles. The summed E-state index contributed by atoms with van der Waals surface area (Å²) in [6, 6.07) is 6.05. The molecule has 0 spiro atoms. The minimum atomic E-state index is -0.839. The second kappa shape index (κ2) is 7.69. The van der Waals surface area contributed by atoms with Crippen LogP contribution in [0.15, 0.2) is 28.7 Å². The highest BCUT2D eigenvalue weighted by Crippen LogP contribution is 2.32. The van der Waals surface area contributed by atoms with Gasteiger partial charge in [-0.1, -0.05) is 26.0 Å². The zero-order chi connectivity index (χ0) is 20.4. The molecule has 0 unspecified atom stereocenters. The molecule has 0 aliphatic heterocycles. The Morgan fingerprint density at radius 1 is 1.26 bits per heavy atom. The fourth-order valence-electron chi connectivity index (χ4n) is 2.52. The first-order valence-electron chi connectivity index (χ1n) is 8.60. The lowest BCUT2D eigenvalue weighted by Gasteiger charge is -2.33. The zero-order valence-corrected chi connectivity index (χ0v) is 16.1. The maximum Gasteiger partial charge on any atom is 0.429 e. The van der Waals surface area contributed by atoms with Gasteiger partial charge >= 0.3 is 6.09 Å². The van der Waals surface area contributed by atoms with Crippen molar-refractivity contribution in [3.8, 4) is 0 Å². The molecule has 0 aliphatic carbocycles. The quantitative estimate of drug-likeness (QED) is 0.591. The number of carbonyl (C=O) groups is 3. The third-order valence-corrected chi connectivity index (χ3v) is 3.76. The number of hydrogen-bond acceptors (Lipinski definition) is 6. The number of carbonyl (C=O) groups excluding carboxylic acids is 3. The van der Waals surface area contributed by atoms with Crippen molar-refractivity contribution < 1.29 is 23.5 Å². The first-order chi connectivity index (χ1) is 12.5. The molecule has 1 atom stereocenters. The van der Waals surface area contributed by atoms with Crippen molar-refractivity contribution in [3.05, 3.63) is 30.0 Å². The number of aldehydes is 1. The van der Waals surface area contributed by atoms with Crippen molar-refractivity contribution in [1.82, 2.24) is 5.01 Å². The molecule has 0 bridgehead atoms. The van der Waals surface area contributed by atoms with Crippen LogP contribution in [0.5, 0.6) is 0 Å². The molecule has 1 aromatic carbocycles. The van der Waals surface area contributed by atoms with Gasteiger partial charge in [-0.2, -0.15) is 0 Å². The van der Waals surface area contributed by atoms with E-state index in [-0.39, 0.29) is 17.4 Å². The van der Waals surface area contributed by atoms with E-state index >= 15 is 0 Å². The minimum Gasteiger partial charge on any atom is -0.449 e. The van der Waals surface area contributed by atoms with Crippen LogP contribution in [-0.2, 0) is 9.53 Å². The van der Waals surface area contributed by atoms with Gasteiger partial charge in [0.05, 0.1) is 0 Å². The Balaban J connectivity index is 2.53. The SMILES string of the molecule is CC(C)[C@H](C=O)N(Nc1c(C(N)=O)oc2ccccc12)C(=O)OC(C)(C)C. The number of nitrogens with one attached hydrogen (secondary N) is 1. The number of benzene rings is 1. The van der Waals surface area contributed by atoms with Crippen LogP contribution in [0.2, 0.25) is 0 Å². The number of furan rings is 1. The summed E-state index contributed by atoms with van der Waals surface area (Å²) < 4.78 is 10.9. The molecule has 0 saturated heterocycles. The van der Waals surface area contributed by atoms with E-state index in [1.807, 2.05) is 0 Å². The Morgan fingerprint density at radius 3 is 2.41 bits per heavy atom. The second-order valence-corrected chi connectivity index (χ2v) is 7.50. The molecule has 0 radical (unpaired) electrons. The zero-order valence-electron chi connectivity index (χ0n) is 16.1. The van der Waals surface area contributed by atoms with E-state index in [0.717, 1.165) is 5.01 Å². The van der Waals surface area contributed by atoms with Gasteiger partial charge in [-0.25, -0.2) is 9.80 Å². The van der Waals surface area contributed by atoms with Gasteiger partial charge in [0.2, 0.25) is 5.76 Å². The molecular weight excluding hydrogens is 350 g/mol. The molecule has 2 amide bonds. The highest BCUT2D eigenvalue weighted by atomic mass is 16.6. The highest BCUT2D eigenvalue weighted by molar-refractivity contribution is 6.05. The van der Waals surface area contributed by atoms with E-state index in [4.69, 9.17) is 14.9 Å². The lowest BCUT2D eigenvalue weighted by atomic mass is 10.1. The summed E-state index contributed by atoms with van der Waals surface area (Å²) in [5, 5.41) is 1.61. The summed E-state index contributed by atoms with van der Waals surface area (Å²) in [7, 11) is 0. The summed E-state index contributed by atoms with van der Waals surface area (Å²) in [5.74, 6) is -1.15. The van der Waals surface area contributed by atoms with Gasteiger partial charge in [-0.3, -0.25) is 10.2 Å². The molecule has 1 heterocycles. The molecule has 8 heteroatoms. The molecule has 8 nitrogen and oxygen atoms in total. The maximum absolute atomic E-state index is 12.7. The number of nitrogens with zero attached hydrogens (tertiary/aromatic N) is 1. The summed E-state index contributed by atoms with van der Waals surface area (Å²) in [5.41, 5.74) is 8.12. The molecule has 3 N–H and O–H groups in total. The lowest BCUT2D eigenvalue weighted by Crippen LogP contribution is -2.50. The lowest BCUT2D eigenvalue weighted by molar-refractivity contribution is -0.113. The Bertz CT molecular complexity index is 851. The van der Waals surface area contributed by atoms with Crippen molar-refractivity contribution in [2.24, 2.45) is 11.7 Å². The molecule has 0 fully saturated rings. The van der Waals surface area contributed by atoms with Crippen LogP contribution in [0.1, 0.15) is 45.2 Å². The average Bonchev–Trinajstić information content (AvgIpc) is 2.91. The molecule has 0 aliphatic rings. The van der Waals surface area contributed by atoms with Crippen LogP contribution in [0.25, 0.3) is 11.0 Å². The molecule has 0 saturated carbocycles. The summed E-state index contributed by atoms with van der Waals surface area (Å²) in [4.78, 5) is 36.2. The van der Waals surface area contributed by atoms with Crippen molar-refractivity contribution in [3.63, 3.8) is 0 Å². The molecule has 2 rings (SSSR count). The molecule has 146 valence electrons. The molecule has 27 heavy (non-hydrogen) atoms. The van der Waals surface area contributed by atoms with Crippen molar-refractivity contribution in [2.75, 3.05) is 5.43 Å². The van der Waals surface area contributed by atoms with Crippen LogP contribution in [0.3, 0.4) is 0 Å². The fraction of sp³-hybridized carbons (Fsp3) is 0.421. The average molecular weight is 375 g/mol. The predicted octanol–water partition coefficient (Wildman–Crippen LogP) is 3.32. The van der Waals surface area contributed by atoms with Gasteiger partial charge < -0.3 is 19.7 Å². The standard InChI is InChI=1S/C19H25N3O5/c1-11(2)13(10-23)22(18(25)27-19(3,4)5)21-15-12-8-6-7-9-14(12)26-16(15)17(20)24/h6-11,13,21H,1-5H3,(H2,20,24)/t13-/m0/s1. The van der Waals surface area contributed by atoms with Gasteiger partial charge in [-0.05, 0) is 38.8 Å². The number of hydrazine groups is 1. The predicted molar refractivity (Wildman–Crippen MR) is 101 cm³/mol.